The highest BCUT2D eigenvalue weighted by molar-refractivity contribution is 5.78. The molecule has 1 atom stereocenters. The van der Waals surface area contributed by atoms with Gasteiger partial charge in [-0.15, -0.1) is 0 Å². The minimum absolute atomic E-state index is 0.000303. The van der Waals surface area contributed by atoms with E-state index in [4.69, 9.17) is 0 Å². The van der Waals surface area contributed by atoms with E-state index >= 15 is 0 Å². The first-order valence-corrected chi connectivity index (χ1v) is 10.7. The van der Waals surface area contributed by atoms with E-state index in [1.165, 1.54) is 0 Å². The van der Waals surface area contributed by atoms with Crippen LogP contribution in [0.3, 0.4) is 0 Å². The fourth-order valence-corrected chi connectivity index (χ4v) is 4.57. The van der Waals surface area contributed by atoms with Crippen molar-refractivity contribution < 1.29 is 9.90 Å². The summed E-state index contributed by atoms with van der Waals surface area (Å²) in [6.45, 7) is 2.76. The third-order valence-electron chi connectivity index (χ3n) is 6.24. The van der Waals surface area contributed by atoms with E-state index < -0.39 is 5.60 Å². The van der Waals surface area contributed by atoms with E-state index in [1.54, 1.807) is 12.4 Å². The minimum atomic E-state index is -0.815. The molecule has 2 aliphatic rings. The number of likely N-dealkylation sites (tertiary alicyclic amines) is 1. The molecule has 154 valence electrons. The average Bonchev–Trinajstić information content (AvgIpc) is 3.21. The molecule has 6 nitrogen and oxygen atoms in total. The maximum absolute atomic E-state index is 13.0. The summed E-state index contributed by atoms with van der Waals surface area (Å²) in [5.74, 6) is 0.880. The second kappa shape index (κ2) is 8.49. The van der Waals surface area contributed by atoms with Crippen molar-refractivity contribution in [1.82, 2.24) is 14.9 Å². The van der Waals surface area contributed by atoms with Gasteiger partial charge in [-0.3, -0.25) is 9.78 Å². The van der Waals surface area contributed by atoms with Crippen LogP contribution < -0.4 is 5.32 Å². The van der Waals surface area contributed by atoms with Crippen molar-refractivity contribution in [3.63, 3.8) is 0 Å². The van der Waals surface area contributed by atoms with Gasteiger partial charge in [0, 0.05) is 12.7 Å². The molecular formula is C23H30N4O2. The Morgan fingerprint density at radius 3 is 2.76 bits per heavy atom. The largest absolute Gasteiger partial charge is 0.389 e. The Kier molecular flexibility index (Phi) is 5.81. The Morgan fingerprint density at radius 2 is 2.03 bits per heavy atom. The predicted octanol–water partition coefficient (Wildman–Crippen LogP) is 4.28. The average molecular weight is 395 g/mol. The van der Waals surface area contributed by atoms with Crippen LogP contribution in [-0.2, 0) is 4.79 Å². The molecule has 0 radical (unpaired) electrons. The van der Waals surface area contributed by atoms with Crippen LogP contribution in [-0.4, -0.2) is 38.0 Å². The van der Waals surface area contributed by atoms with Crippen molar-refractivity contribution in [2.75, 3.05) is 11.9 Å². The zero-order valence-electron chi connectivity index (χ0n) is 17.1. The SMILES string of the molecule is Cc1cccnc1Nc1ccc(C2CCCN2C(=O)CC2(O)CCCCC2)nc1. The summed E-state index contributed by atoms with van der Waals surface area (Å²) in [7, 11) is 0. The lowest BCUT2D eigenvalue weighted by Gasteiger charge is -2.34. The van der Waals surface area contributed by atoms with E-state index in [-0.39, 0.29) is 18.4 Å². The highest BCUT2D eigenvalue weighted by atomic mass is 16.3. The van der Waals surface area contributed by atoms with Crippen LogP contribution in [0.5, 0.6) is 0 Å². The summed E-state index contributed by atoms with van der Waals surface area (Å²) in [6, 6.07) is 7.91. The molecule has 0 spiro atoms. The molecule has 0 bridgehead atoms. The Hall–Kier alpha value is -2.47. The zero-order chi connectivity index (χ0) is 20.3. The molecule has 29 heavy (non-hydrogen) atoms. The topological polar surface area (TPSA) is 78.4 Å². The van der Waals surface area contributed by atoms with Gasteiger partial charge >= 0.3 is 0 Å². The number of nitrogens with one attached hydrogen (secondary N) is 1. The number of hydrogen-bond donors (Lipinski definition) is 2. The van der Waals surface area contributed by atoms with E-state index in [2.05, 4.69) is 15.3 Å². The fraction of sp³-hybridized carbons (Fsp3) is 0.522. The number of carbonyl (C=O) groups is 1. The van der Waals surface area contributed by atoms with Gasteiger partial charge < -0.3 is 15.3 Å². The van der Waals surface area contributed by atoms with Crippen molar-refractivity contribution in [1.29, 1.82) is 0 Å². The molecule has 1 unspecified atom stereocenters. The Morgan fingerprint density at radius 1 is 1.21 bits per heavy atom. The number of anilines is 2. The number of hydrogen-bond acceptors (Lipinski definition) is 5. The van der Waals surface area contributed by atoms with Crippen molar-refractivity contribution in [2.24, 2.45) is 0 Å². The summed E-state index contributed by atoms with van der Waals surface area (Å²) in [5.41, 5.74) is 2.05. The molecule has 6 heteroatoms. The van der Waals surface area contributed by atoms with Crippen LogP contribution >= 0.6 is 0 Å². The van der Waals surface area contributed by atoms with E-state index in [0.29, 0.717) is 0 Å². The molecule has 1 saturated heterocycles. The van der Waals surface area contributed by atoms with Gasteiger partial charge in [0.2, 0.25) is 5.91 Å². The summed E-state index contributed by atoms with van der Waals surface area (Å²) in [4.78, 5) is 23.9. The Bertz CT molecular complexity index is 846. The third-order valence-corrected chi connectivity index (χ3v) is 6.24. The fourth-order valence-electron chi connectivity index (χ4n) is 4.57. The Labute approximate surface area is 172 Å². The van der Waals surface area contributed by atoms with Crippen molar-refractivity contribution in [3.05, 3.63) is 47.9 Å². The summed E-state index contributed by atoms with van der Waals surface area (Å²) >= 11 is 0. The van der Waals surface area contributed by atoms with E-state index in [9.17, 15) is 9.90 Å². The highest BCUT2D eigenvalue weighted by Gasteiger charge is 2.37. The molecule has 1 saturated carbocycles. The van der Waals surface area contributed by atoms with Crippen LogP contribution in [0.1, 0.15) is 68.7 Å². The highest BCUT2D eigenvalue weighted by Crippen LogP contribution is 2.36. The normalized spacial score (nSPS) is 21.2. The first-order valence-electron chi connectivity index (χ1n) is 10.7. The number of nitrogens with zero attached hydrogens (tertiary/aromatic N) is 3. The number of rotatable bonds is 5. The van der Waals surface area contributed by atoms with Crippen molar-refractivity contribution in [2.45, 2.75) is 69.9 Å². The molecule has 2 aromatic heterocycles. The minimum Gasteiger partial charge on any atom is -0.389 e. The van der Waals surface area contributed by atoms with E-state index in [1.807, 2.05) is 36.1 Å². The molecule has 2 aromatic rings. The van der Waals surface area contributed by atoms with Gasteiger partial charge in [-0.1, -0.05) is 25.3 Å². The first kappa shape index (κ1) is 19.8. The quantitative estimate of drug-likeness (QED) is 0.791. The number of amides is 1. The second-order valence-electron chi connectivity index (χ2n) is 8.47. The monoisotopic (exact) mass is 394 g/mol. The molecule has 1 aliphatic heterocycles. The van der Waals surface area contributed by atoms with Crippen LogP contribution in [0.25, 0.3) is 0 Å². The van der Waals surface area contributed by atoms with Gasteiger partial charge in [-0.25, -0.2) is 4.98 Å². The Balaban J connectivity index is 1.43. The lowest BCUT2D eigenvalue weighted by atomic mass is 9.82. The molecule has 2 N–H and O–H groups in total. The third kappa shape index (κ3) is 4.58. The van der Waals surface area contributed by atoms with Gasteiger partial charge in [-0.05, 0) is 56.4 Å². The number of aromatic nitrogens is 2. The molecule has 2 fully saturated rings. The maximum Gasteiger partial charge on any atom is 0.226 e. The van der Waals surface area contributed by atoms with Gasteiger partial charge in [0.1, 0.15) is 5.82 Å². The smallest absolute Gasteiger partial charge is 0.226 e. The number of pyridine rings is 2. The van der Waals surface area contributed by atoms with Gasteiger partial charge in [0.25, 0.3) is 0 Å². The molecule has 4 rings (SSSR count). The lowest BCUT2D eigenvalue weighted by Crippen LogP contribution is -2.40. The van der Waals surface area contributed by atoms with Gasteiger partial charge in [0.15, 0.2) is 0 Å². The number of aliphatic hydroxyl groups is 1. The lowest BCUT2D eigenvalue weighted by molar-refractivity contribution is -0.138. The number of carbonyl (C=O) groups excluding carboxylic acids is 1. The molecule has 1 aliphatic carbocycles. The number of aryl methyl sites for hydroxylation is 1. The summed E-state index contributed by atoms with van der Waals surface area (Å²) in [5, 5.41) is 14.1. The maximum atomic E-state index is 13.0. The van der Waals surface area contributed by atoms with Crippen LogP contribution in [0, 0.1) is 6.92 Å². The second-order valence-corrected chi connectivity index (χ2v) is 8.47. The molecule has 3 heterocycles. The first-order chi connectivity index (χ1) is 14.0. The van der Waals surface area contributed by atoms with Crippen molar-refractivity contribution >= 4 is 17.4 Å². The predicted molar refractivity (Wildman–Crippen MR) is 113 cm³/mol. The summed E-state index contributed by atoms with van der Waals surface area (Å²) < 4.78 is 0. The molecular weight excluding hydrogens is 364 g/mol. The van der Waals surface area contributed by atoms with Crippen molar-refractivity contribution in [3.8, 4) is 0 Å². The standard InChI is InChI=1S/C23H30N4O2/c1-17-7-5-13-24-22(17)26-18-9-10-19(25-16-18)20-8-6-14-27(20)21(28)15-23(29)11-3-2-4-12-23/h5,7,9-10,13,16,20,29H,2-4,6,8,11-12,14-15H2,1H3,(H,24,26). The van der Waals surface area contributed by atoms with Gasteiger partial charge in [0.05, 0.1) is 35.6 Å². The van der Waals surface area contributed by atoms with Crippen LogP contribution in [0.4, 0.5) is 11.5 Å². The van der Waals surface area contributed by atoms with Gasteiger partial charge in [-0.2, -0.15) is 0 Å². The van der Waals surface area contributed by atoms with Crippen LogP contribution in [0.2, 0.25) is 0 Å². The van der Waals surface area contributed by atoms with Crippen LogP contribution in [0.15, 0.2) is 36.7 Å². The molecule has 0 aromatic carbocycles. The van der Waals surface area contributed by atoms with E-state index in [0.717, 1.165) is 74.3 Å². The zero-order valence-corrected chi connectivity index (χ0v) is 17.1. The molecule has 1 amide bonds. The summed E-state index contributed by atoms with van der Waals surface area (Å²) in [6.07, 6.45) is 10.4.